The number of benzene rings is 3. The molecule has 0 amide bonds. The number of allylic oxidation sites excluding steroid dienone is 1. The second-order valence-corrected chi connectivity index (χ2v) is 8.94. The topological polar surface area (TPSA) is 102 Å². The zero-order valence-corrected chi connectivity index (χ0v) is 19.1. The highest BCUT2D eigenvalue weighted by Crippen LogP contribution is 2.39. The molecule has 0 aliphatic carbocycles. The number of para-hydroxylation sites is 2. The fourth-order valence-corrected chi connectivity index (χ4v) is 4.57. The van der Waals surface area contributed by atoms with Gasteiger partial charge in [-0.25, -0.2) is 4.98 Å². The van der Waals surface area contributed by atoms with Crippen LogP contribution in [0, 0.1) is 11.3 Å². The fourth-order valence-electron chi connectivity index (χ4n) is 2.94. The molecule has 0 fully saturated rings. The summed E-state index contributed by atoms with van der Waals surface area (Å²) in [7, 11) is -2.68. The van der Waals surface area contributed by atoms with Crippen molar-refractivity contribution in [2.75, 3.05) is 7.11 Å². The third-order valence-corrected chi connectivity index (χ3v) is 6.26. The van der Waals surface area contributed by atoms with Crippen LogP contribution in [0.3, 0.4) is 0 Å². The molecule has 0 aliphatic rings. The number of ether oxygens (including phenoxy) is 1. The molecule has 4 rings (SSSR count). The van der Waals surface area contributed by atoms with Crippen molar-refractivity contribution in [1.82, 2.24) is 4.98 Å². The van der Waals surface area contributed by atoms with Gasteiger partial charge in [-0.2, -0.15) is 13.7 Å². The number of aromatic nitrogens is 1. The van der Waals surface area contributed by atoms with Gasteiger partial charge >= 0.3 is 10.1 Å². The maximum absolute atomic E-state index is 12.6. The monoisotopic (exact) mass is 510 g/mol. The van der Waals surface area contributed by atoms with E-state index in [4.69, 9.17) is 13.3 Å². The molecule has 0 spiro atoms. The molecule has 0 radical (unpaired) electrons. The number of rotatable bonds is 6. The van der Waals surface area contributed by atoms with Crippen LogP contribution in [-0.2, 0) is 10.1 Å². The Bertz CT molecular complexity index is 1440. The van der Waals surface area contributed by atoms with E-state index in [0.29, 0.717) is 21.1 Å². The molecular weight excluding hydrogens is 496 g/mol. The summed E-state index contributed by atoms with van der Waals surface area (Å²) in [5.74, 6) is 0.338. The van der Waals surface area contributed by atoms with Crippen molar-refractivity contribution in [3.63, 3.8) is 0 Å². The van der Waals surface area contributed by atoms with Crippen LogP contribution in [0.15, 0.2) is 80.5 Å². The largest absolute Gasteiger partial charge is 0.493 e. The summed E-state index contributed by atoms with van der Waals surface area (Å²) >= 11 is 3.34. The molecule has 0 N–H and O–H groups in total. The summed E-state index contributed by atoms with van der Waals surface area (Å²) in [5, 5.41) is 9.63. The first-order valence-corrected chi connectivity index (χ1v) is 11.5. The molecule has 4 aromatic rings. The molecule has 0 aliphatic heterocycles. The molecule has 32 heavy (non-hydrogen) atoms. The lowest BCUT2D eigenvalue weighted by molar-refractivity contribution is 0.389. The number of oxazole rings is 1. The highest BCUT2D eigenvalue weighted by atomic mass is 79.9. The standard InChI is InChI=1S/C23H15BrN2O5S/c1-29-21-13-15(11-16(14-25)23-26-19-9-5-6-10-20(19)30-23)12-18(24)22(21)31-32(27,28)17-7-3-2-4-8-17/h2-13H,1H3/b16-11+. The number of hydrogen-bond acceptors (Lipinski definition) is 7. The lowest BCUT2D eigenvalue weighted by Gasteiger charge is -2.13. The lowest BCUT2D eigenvalue weighted by atomic mass is 10.1. The number of nitrogens with zero attached hydrogens (tertiary/aromatic N) is 2. The average Bonchev–Trinajstić information content (AvgIpc) is 3.23. The zero-order valence-electron chi connectivity index (χ0n) is 16.7. The number of hydrogen-bond donors (Lipinski definition) is 0. The molecule has 0 bridgehead atoms. The molecule has 9 heteroatoms. The van der Waals surface area contributed by atoms with Crippen LogP contribution in [-0.4, -0.2) is 20.5 Å². The van der Waals surface area contributed by atoms with E-state index in [1.54, 1.807) is 48.5 Å². The van der Waals surface area contributed by atoms with Gasteiger partial charge in [0.1, 0.15) is 22.1 Å². The van der Waals surface area contributed by atoms with Gasteiger partial charge in [0.15, 0.2) is 17.1 Å². The maximum Gasteiger partial charge on any atom is 0.339 e. The van der Waals surface area contributed by atoms with Gasteiger partial charge < -0.3 is 13.3 Å². The van der Waals surface area contributed by atoms with Crippen LogP contribution >= 0.6 is 15.9 Å². The van der Waals surface area contributed by atoms with Gasteiger partial charge in [-0.15, -0.1) is 0 Å². The lowest BCUT2D eigenvalue weighted by Crippen LogP contribution is -2.10. The van der Waals surface area contributed by atoms with Gasteiger partial charge in [0, 0.05) is 0 Å². The summed E-state index contributed by atoms with van der Waals surface area (Å²) in [6.07, 6.45) is 1.56. The van der Waals surface area contributed by atoms with E-state index in [1.807, 2.05) is 12.1 Å². The van der Waals surface area contributed by atoms with Crippen LogP contribution in [0.2, 0.25) is 0 Å². The van der Waals surface area contributed by atoms with Crippen molar-refractivity contribution in [1.29, 1.82) is 5.26 Å². The Kier molecular flexibility index (Phi) is 5.99. The second-order valence-electron chi connectivity index (χ2n) is 6.54. The summed E-state index contributed by atoms with van der Waals surface area (Å²) in [4.78, 5) is 4.35. The number of halogens is 1. The first-order valence-electron chi connectivity index (χ1n) is 9.26. The fraction of sp³-hybridized carbons (Fsp3) is 0.0435. The Labute approximate surface area is 192 Å². The average molecular weight is 511 g/mol. The van der Waals surface area contributed by atoms with Crippen molar-refractivity contribution < 1.29 is 21.8 Å². The summed E-state index contributed by atoms with van der Waals surface area (Å²) in [5.41, 5.74) is 1.95. The van der Waals surface area contributed by atoms with E-state index < -0.39 is 10.1 Å². The van der Waals surface area contributed by atoms with Gasteiger partial charge in [0.05, 0.1) is 11.6 Å². The van der Waals surface area contributed by atoms with E-state index in [2.05, 4.69) is 27.0 Å². The van der Waals surface area contributed by atoms with Crippen molar-refractivity contribution in [3.8, 4) is 17.6 Å². The molecule has 1 aromatic heterocycles. The molecule has 3 aromatic carbocycles. The van der Waals surface area contributed by atoms with E-state index in [1.165, 1.54) is 19.2 Å². The van der Waals surface area contributed by atoms with Crippen molar-refractivity contribution in [2.45, 2.75) is 4.90 Å². The van der Waals surface area contributed by atoms with Gasteiger partial charge in [0.2, 0.25) is 5.89 Å². The van der Waals surface area contributed by atoms with Crippen molar-refractivity contribution in [2.24, 2.45) is 0 Å². The molecular formula is C23H15BrN2O5S. The molecule has 1 heterocycles. The van der Waals surface area contributed by atoms with Gasteiger partial charge in [-0.1, -0.05) is 30.3 Å². The Balaban J connectivity index is 1.72. The molecule has 0 saturated carbocycles. The van der Waals surface area contributed by atoms with Crippen LogP contribution in [0.25, 0.3) is 22.7 Å². The first kappa shape index (κ1) is 21.6. The highest BCUT2D eigenvalue weighted by Gasteiger charge is 2.22. The Hall–Kier alpha value is -3.61. The predicted molar refractivity (Wildman–Crippen MR) is 122 cm³/mol. The third kappa shape index (κ3) is 4.37. The van der Waals surface area contributed by atoms with E-state index >= 15 is 0 Å². The number of nitriles is 1. The Morgan fingerprint density at radius 1 is 1.12 bits per heavy atom. The smallest absolute Gasteiger partial charge is 0.339 e. The Morgan fingerprint density at radius 3 is 2.53 bits per heavy atom. The van der Waals surface area contributed by atoms with Gasteiger partial charge in [0.25, 0.3) is 0 Å². The molecule has 0 unspecified atom stereocenters. The van der Waals surface area contributed by atoms with E-state index in [0.717, 1.165) is 0 Å². The zero-order chi connectivity index (χ0) is 22.7. The first-order chi connectivity index (χ1) is 15.4. The number of fused-ring (bicyclic) bond motifs is 1. The van der Waals surface area contributed by atoms with E-state index in [-0.39, 0.29) is 27.9 Å². The quantitative estimate of drug-likeness (QED) is 0.251. The predicted octanol–water partition coefficient (Wildman–Crippen LogP) is 5.43. The number of methoxy groups -OCH3 is 1. The van der Waals surface area contributed by atoms with Crippen molar-refractivity contribution in [3.05, 3.63) is 82.7 Å². The molecule has 0 saturated heterocycles. The van der Waals surface area contributed by atoms with Crippen molar-refractivity contribution >= 4 is 48.8 Å². The van der Waals surface area contributed by atoms with Crippen LogP contribution in [0.4, 0.5) is 0 Å². The van der Waals surface area contributed by atoms with E-state index in [9.17, 15) is 13.7 Å². The molecule has 7 nitrogen and oxygen atoms in total. The maximum atomic E-state index is 12.6. The minimum absolute atomic E-state index is 0.00567. The highest BCUT2D eigenvalue weighted by molar-refractivity contribution is 9.10. The summed E-state index contributed by atoms with van der Waals surface area (Å²) < 4.78 is 41.9. The van der Waals surface area contributed by atoms with Crippen LogP contribution < -0.4 is 8.92 Å². The SMILES string of the molecule is COc1cc(/C=C(\C#N)c2nc3ccccc3o2)cc(Br)c1OS(=O)(=O)c1ccccc1. The van der Waals surface area contributed by atoms with Gasteiger partial charge in [-0.05, 0) is 64.0 Å². The summed E-state index contributed by atoms with van der Waals surface area (Å²) in [6.45, 7) is 0. The van der Waals surface area contributed by atoms with Gasteiger partial charge in [-0.3, -0.25) is 0 Å². The third-order valence-electron chi connectivity index (χ3n) is 4.43. The molecule has 160 valence electrons. The summed E-state index contributed by atoms with van der Waals surface area (Å²) in [6, 6.07) is 20.2. The van der Waals surface area contributed by atoms with Crippen LogP contribution in [0.1, 0.15) is 11.5 Å². The Morgan fingerprint density at radius 2 is 1.84 bits per heavy atom. The normalized spacial score (nSPS) is 11.8. The van der Waals surface area contributed by atoms with Crippen LogP contribution in [0.5, 0.6) is 11.5 Å². The second kappa shape index (κ2) is 8.86. The molecule has 0 atom stereocenters. The minimum atomic E-state index is -4.07. The minimum Gasteiger partial charge on any atom is -0.493 e.